The molecule has 0 spiro atoms. The molecule has 1 aromatic heterocycles. The molecule has 0 aliphatic heterocycles. The fourth-order valence-corrected chi connectivity index (χ4v) is 6.70. The first-order chi connectivity index (χ1) is 24.5. The number of rotatable bonds is 12. The Morgan fingerprint density at radius 1 is 0.660 bits per heavy atom. The van der Waals surface area contributed by atoms with Crippen LogP contribution in [0.15, 0.2) is 140 Å². The van der Waals surface area contributed by atoms with Gasteiger partial charge in [0.1, 0.15) is 19.3 Å². The smallest absolute Gasteiger partial charge is 0.407 e. The first kappa shape index (κ1) is 32.4. The normalized spacial score (nSPS) is 13.1. The Hall–Kier alpha value is -6.15. The minimum absolute atomic E-state index is 0.0564. The highest BCUT2D eigenvalue weighted by Gasteiger charge is 2.31. The number of benzene rings is 5. The maximum absolute atomic E-state index is 14.1. The lowest BCUT2D eigenvalue weighted by molar-refractivity contribution is -0.124. The number of amides is 2. The molecule has 8 nitrogen and oxygen atoms in total. The second-order valence-electron chi connectivity index (χ2n) is 12.4. The van der Waals surface area contributed by atoms with E-state index < -0.39 is 30.1 Å². The van der Waals surface area contributed by atoms with Gasteiger partial charge in [0.25, 0.3) is 0 Å². The third-order valence-corrected chi connectivity index (χ3v) is 9.15. The Bertz CT molecular complexity index is 2070. The summed E-state index contributed by atoms with van der Waals surface area (Å²) in [7, 11) is 0. The molecule has 3 N–H and O–H groups in total. The van der Waals surface area contributed by atoms with Crippen molar-refractivity contribution in [3.05, 3.63) is 167 Å². The van der Waals surface area contributed by atoms with Crippen LogP contribution in [-0.2, 0) is 27.1 Å². The lowest BCUT2D eigenvalue weighted by Crippen LogP contribution is -2.52. The minimum atomic E-state index is -0.979. The van der Waals surface area contributed by atoms with Crippen LogP contribution in [0.4, 0.5) is 4.79 Å². The van der Waals surface area contributed by atoms with Crippen molar-refractivity contribution in [2.24, 2.45) is 0 Å². The number of esters is 1. The fourth-order valence-electron chi connectivity index (χ4n) is 6.70. The summed E-state index contributed by atoms with van der Waals surface area (Å²) in [6, 6.07) is 40.9. The number of para-hydroxylation sites is 1. The number of carbonyl (C=O) groups excluding carboxylic acids is 3. The average Bonchev–Trinajstić information content (AvgIpc) is 3.72. The van der Waals surface area contributed by atoms with Gasteiger partial charge >= 0.3 is 12.1 Å². The highest BCUT2D eigenvalue weighted by Crippen LogP contribution is 2.44. The summed E-state index contributed by atoms with van der Waals surface area (Å²) in [4.78, 5) is 43.7. The predicted octanol–water partition coefficient (Wildman–Crippen LogP) is 7.20. The number of carbonyl (C=O) groups is 3. The van der Waals surface area contributed by atoms with Crippen molar-refractivity contribution >= 4 is 28.9 Å². The number of fused-ring (bicyclic) bond motifs is 4. The number of hydrogen-bond acceptors (Lipinski definition) is 5. The molecule has 6 aromatic rings. The van der Waals surface area contributed by atoms with Gasteiger partial charge in [-0.2, -0.15) is 0 Å². The van der Waals surface area contributed by atoms with Crippen LogP contribution < -0.4 is 10.6 Å². The van der Waals surface area contributed by atoms with Gasteiger partial charge in [0.15, 0.2) is 0 Å². The molecule has 0 saturated heterocycles. The van der Waals surface area contributed by atoms with E-state index in [0.29, 0.717) is 12.0 Å². The summed E-state index contributed by atoms with van der Waals surface area (Å²) in [6.07, 6.45) is 1.79. The van der Waals surface area contributed by atoms with Crippen LogP contribution in [0.3, 0.4) is 0 Å². The zero-order chi connectivity index (χ0) is 34.3. The van der Waals surface area contributed by atoms with Gasteiger partial charge in [0.05, 0.1) is 11.6 Å². The number of H-pyrrole nitrogens is 1. The third kappa shape index (κ3) is 7.29. The molecule has 2 atom stereocenters. The van der Waals surface area contributed by atoms with Gasteiger partial charge in [-0.3, -0.25) is 4.79 Å². The van der Waals surface area contributed by atoms with Crippen molar-refractivity contribution < 1.29 is 23.9 Å². The summed E-state index contributed by atoms with van der Waals surface area (Å²) in [5.74, 6) is -1.02. The first-order valence-corrected chi connectivity index (χ1v) is 16.8. The third-order valence-electron chi connectivity index (χ3n) is 9.15. The van der Waals surface area contributed by atoms with E-state index in [9.17, 15) is 14.4 Å². The van der Waals surface area contributed by atoms with E-state index >= 15 is 0 Å². The number of hydrogen-bond donors (Lipinski definition) is 3. The summed E-state index contributed by atoms with van der Waals surface area (Å²) in [5, 5.41) is 6.88. The molecule has 5 aromatic carbocycles. The second-order valence-corrected chi connectivity index (χ2v) is 12.4. The molecule has 0 bridgehead atoms. The van der Waals surface area contributed by atoms with Gasteiger partial charge in [-0.05, 0) is 58.0 Å². The largest absolute Gasteiger partial charge is 0.460 e. The maximum Gasteiger partial charge on any atom is 0.407 e. The van der Waals surface area contributed by atoms with E-state index in [0.717, 1.165) is 44.3 Å². The molecule has 0 radical (unpaired) electrons. The fraction of sp³-hybridized carbons (Fsp3) is 0.167. The highest BCUT2D eigenvalue weighted by atomic mass is 16.5. The number of aromatic amines is 1. The van der Waals surface area contributed by atoms with Gasteiger partial charge in [0.2, 0.25) is 5.91 Å². The van der Waals surface area contributed by atoms with Crippen LogP contribution in [0.1, 0.15) is 38.5 Å². The van der Waals surface area contributed by atoms with Gasteiger partial charge < -0.3 is 25.1 Å². The molecule has 0 fully saturated rings. The van der Waals surface area contributed by atoms with Crippen LogP contribution >= 0.6 is 0 Å². The van der Waals surface area contributed by atoms with Crippen molar-refractivity contribution in [3.63, 3.8) is 0 Å². The van der Waals surface area contributed by atoms with Gasteiger partial charge in [-0.25, -0.2) is 9.59 Å². The summed E-state index contributed by atoms with van der Waals surface area (Å²) in [6.45, 7) is 0.0620. The Balaban J connectivity index is 1.09. The van der Waals surface area contributed by atoms with Crippen molar-refractivity contribution in [2.45, 2.75) is 30.8 Å². The number of aromatic nitrogens is 1. The predicted molar refractivity (Wildman–Crippen MR) is 193 cm³/mol. The molecular weight excluding hydrogens is 626 g/mol. The second kappa shape index (κ2) is 15.0. The molecule has 2 amide bonds. The van der Waals surface area contributed by atoms with Crippen LogP contribution in [0.5, 0.6) is 0 Å². The van der Waals surface area contributed by atoms with Crippen molar-refractivity contribution in [2.75, 3.05) is 13.2 Å². The van der Waals surface area contributed by atoms with E-state index in [4.69, 9.17) is 9.47 Å². The van der Waals surface area contributed by atoms with Gasteiger partial charge in [-0.15, -0.1) is 0 Å². The Kier molecular flexibility index (Phi) is 9.69. The zero-order valence-corrected chi connectivity index (χ0v) is 27.4. The molecule has 7 rings (SSSR count). The Labute approximate surface area is 290 Å². The van der Waals surface area contributed by atoms with Crippen LogP contribution in [-0.4, -0.2) is 48.3 Å². The monoisotopic (exact) mass is 663 g/mol. The SMILES string of the molecule is O=C(N[C@@H](Cc1c[nH]c2ccccc12)C(=O)N[C@H](COC(=O)c1ccccc1)Cc1ccccc1)OCC1c2ccccc2-c2ccccc21. The number of nitrogens with one attached hydrogen (secondary N) is 3. The van der Waals surface area contributed by atoms with E-state index in [1.807, 2.05) is 91.1 Å². The maximum atomic E-state index is 14.1. The Morgan fingerprint density at radius 3 is 2.00 bits per heavy atom. The van der Waals surface area contributed by atoms with E-state index in [-0.39, 0.29) is 25.6 Å². The molecule has 50 heavy (non-hydrogen) atoms. The highest BCUT2D eigenvalue weighted by molar-refractivity contribution is 5.90. The van der Waals surface area contributed by atoms with Crippen molar-refractivity contribution in [1.29, 1.82) is 0 Å². The summed E-state index contributed by atoms with van der Waals surface area (Å²) in [5.41, 5.74) is 7.65. The van der Waals surface area contributed by atoms with E-state index in [1.54, 1.807) is 24.3 Å². The van der Waals surface area contributed by atoms with Crippen molar-refractivity contribution in [3.8, 4) is 11.1 Å². The van der Waals surface area contributed by atoms with Crippen LogP contribution in [0.25, 0.3) is 22.0 Å². The number of ether oxygens (including phenoxy) is 2. The molecule has 250 valence electrons. The molecular formula is C42H37N3O5. The zero-order valence-electron chi connectivity index (χ0n) is 27.4. The van der Waals surface area contributed by atoms with Crippen LogP contribution in [0, 0.1) is 0 Å². The lowest BCUT2D eigenvalue weighted by atomic mass is 9.98. The molecule has 0 unspecified atom stereocenters. The standard InChI is InChI=1S/C42H37N3O5/c46-40(44-31(23-28-13-3-1-4-14-28)26-49-41(47)29-15-5-2-6-16-29)39(24-30-25-43-38-22-12-11-17-32(30)38)45-42(48)50-27-37-35-20-9-7-18-33(35)34-19-8-10-21-36(34)37/h1-22,25,31,37,39,43H,23-24,26-27H2,(H,44,46)(H,45,48)/t31-,39-/m0/s1. The average molecular weight is 664 g/mol. The summed E-state index contributed by atoms with van der Waals surface area (Å²) < 4.78 is 11.5. The molecule has 1 aliphatic carbocycles. The number of alkyl carbamates (subject to hydrolysis) is 1. The summed E-state index contributed by atoms with van der Waals surface area (Å²) >= 11 is 0. The quantitative estimate of drug-likeness (QED) is 0.120. The first-order valence-electron chi connectivity index (χ1n) is 16.8. The van der Waals surface area contributed by atoms with Crippen molar-refractivity contribution in [1.82, 2.24) is 15.6 Å². The minimum Gasteiger partial charge on any atom is -0.460 e. The van der Waals surface area contributed by atoms with Gasteiger partial charge in [0, 0.05) is 29.4 Å². The van der Waals surface area contributed by atoms with E-state index in [2.05, 4.69) is 39.9 Å². The molecule has 8 heteroatoms. The Morgan fingerprint density at radius 2 is 1.28 bits per heavy atom. The topological polar surface area (TPSA) is 110 Å². The van der Waals surface area contributed by atoms with Crippen LogP contribution in [0.2, 0.25) is 0 Å². The molecule has 1 heterocycles. The lowest BCUT2D eigenvalue weighted by Gasteiger charge is -2.24. The van der Waals surface area contributed by atoms with E-state index in [1.165, 1.54) is 0 Å². The molecule has 0 saturated carbocycles. The van der Waals surface area contributed by atoms with Gasteiger partial charge in [-0.1, -0.05) is 115 Å². The molecule has 1 aliphatic rings.